The highest BCUT2D eigenvalue weighted by atomic mass is 16.4. The van der Waals surface area contributed by atoms with Gasteiger partial charge < -0.3 is 10.2 Å². The number of carbonyl (C=O) groups is 2. The molecular weight excluding hydrogens is 208 g/mol. The maximum atomic E-state index is 10.4. The first-order valence-electron chi connectivity index (χ1n) is 4.50. The molecule has 0 unspecified atom stereocenters. The Morgan fingerprint density at radius 2 is 1.25 bits per heavy atom. The third-order valence-corrected chi connectivity index (χ3v) is 1.81. The molecule has 0 fully saturated rings. The Kier molecular flexibility index (Phi) is 4.03. The number of carboxylic acids is 2. The van der Waals surface area contributed by atoms with Crippen LogP contribution in [-0.4, -0.2) is 22.2 Å². The van der Waals surface area contributed by atoms with Crippen molar-refractivity contribution in [1.29, 1.82) is 0 Å². The van der Waals surface area contributed by atoms with Crippen molar-refractivity contribution in [1.82, 2.24) is 0 Å². The van der Waals surface area contributed by atoms with Gasteiger partial charge in [0.1, 0.15) is 0 Å². The van der Waals surface area contributed by atoms with Gasteiger partial charge in [-0.2, -0.15) is 0 Å². The van der Waals surface area contributed by atoms with Gasteiger partial charge in [0.2, 0.25) is 0 Å². The molecule has 0 saturated heterocycles. The average molecular weight is 218 g/mol. The van der Waals surface area contributed by atoms with Crippen molar-refractivity contribution in [3.05, 3.63) is 47.5 Å². The number of aliphatic carboxylic acids is 2. The van der Waals surface area contributed by atoms with Crippen molar-refractivity contribution < 1.29 is 19.8 Å². The van der Waals surface area contributed by atoms with Crippen LogP contribution < -0.4 is 0 Å². The molecule has 4 nitrogen and oxygen atoms in total. The molecular formula is C12H10O4. The fourth-order valence-electron chi connectivity index (χ4n) is 1.14. The van der Waals surface area contributed by atoms with Crippen molar-refractivity contribution in [2.45, 2.75) is 0 Å². The zero-order chi connectivity index (χ0) is 12.0. The normalized spacial score (nSPS) is 11.0. The van der Waals surface area contributed by atoms with Gasteiger partial charge in [0.05, 0.1) is 0 Å². The molecule has 0 saturated carbocycles. The summed E-state index contributed by atoms with van der Waals surface area (Å²) >= 11 is 0. The van der Waals surface area contributed by atoms with Crippen LogP contribution in [-0.2, 0) is 9.59 Å². The smallest absolute Gasteiger partial charge is 0.328 e. The zero-order valence-electron chi connectivity index (χ0n) is 8.33. The van der Waals surface area contributed by atoms with Gasteiger partial charge in [-0.15, -0.1) is 0 Å². The quantitative estimate of drug-likeness (QED) is 0.756. The van der Waals surface area contributed by atoms with E-state index in [9.17, 15) is 9.59 Å². The predicted molar refractivity (Wildman–Crippen MR) is 59.8 cm³/mol. The van der Waals surface area contributed by atoms with Crippen LogP contribution >= 0.6 is 0 Å². The van der Waals surface area contributed by atoms with Crippen LogP contribution in [0, 0.1) is 0 Å². The molecule has 1 aromatic carbocycles. The van der Waals surface area contributed by atoms with Crippen molar-refractivity contribution in [3.63, 3.8) is 0 Å². The van der Waals surface area contributed by atoms with Crippen LogP contribution in [0.5, 0.6) is 0 Å². The van der Waals surface area contributed by atoms with Crippen LogP contribution in [0.2, 0.25) is 0 Å². The average Bonchev–Trinajstić information content (AvgIpc) is 2.24. The second-order valence-corrected chi connectivity index (χ2v) is 2.97. The highest BCUT2D eigenvalue weighted by Gasteiger charge is 1.96. The fraction of sp³-hybridized carbons (Fsp3) is 0. The molecule has 0 bridgehead atoms. The lowest BCUT2D eigenvalue weighted by Gasteiger charge is -1.98. The van der Waals surface area contributed by atoms with Crippen LogP contribution in [0.3, 0.4) is 0 Å². The fourth-order valence-corrected chi connectivity index (χ4v) is 1.14. The summed E-state index contributed by atoms with van der Waals surface area (Å²) in [5.74, 6) is -2.09. The van der Waals surface area contributed by atoms with E-state index in [1.165, 1.54) is 12.2 Å². The van der Waals surface area contributed by atoms with E-state index in [1.54, 1.807) is 24.3 Å². The Morgan fingerprint density at radius 1 is 0.875 bits per heavy atom. The summed E-state index contributed by atoms with van der Waals surface area (Å²) in [7, 11) is 0. The molecule has 0 radical (unpaired) electrons. The third-order valence-electron chi connectivity index (χ3n) is 1.81. The van der Waals surface area contributed by atoms with E-state index in [4.69, 9.17) is 10.2 Å². The Bertz CT molecular complexity index is 415. The van der Waals surface area contributed by atoms with Crippen molar-refractivity contribution in [2.75, 3.05) is 0 Å². The molecule has 0 heterocycles. The minimum absolute atomic E-state index is 0.655. The molecule has 16 heavy (non-hydrogen) atoms. The molecule has 1 rings (SSSR count). The van der Waals surface area contributed by atoms with Gasteiger partial charge >= 0.3 is 11.9 Å². The van der Waals surface area contributed by atoms with Crippen molar-refractivity contribution >= 4 is 24.1 Å². The van der Waals surface area contributed by atoms with Gasteiger partial charge in [-0.3, -0.25) is 0 Å². The van der Waals surface area contributed by atoms with Crippen molar-refractivity contribution in [3.8, 4) is 0 Å². The summed E-state index contributed by atoms with van der Waals surface area (Å²) in [5.41, 5.74) is 1.31. The molecule has 0 aliphatic carbocycles. The molecule has 0 spiro atoms. The highest BCUT2D eigenvalue weighted by Crippen LogP contribution is 2.12. The van der Waals surface area contributed by atoms with Crippen LogP contribution in [0.4, 0.5) is 0 Å². The molecule has 1 aromatic rings. The predicted octanol–water partition coefficient (Wildman–Crippen LogP) is 1.88. The minimum atomic E-state index is -1.04. The number of hydrogen-bond donors (Lipinski definition) is 2. The van der Waals surface area contributed by atoms with Gasteiger partial charge in [0, 0.05) is 12.2 Å². The Balaban J connectivity index is 3.00. The van der Waals surface area contributed by atoms with Gasteiger partial charge in [-0.25, -0.2) is 9.59 Å². The molecule has 82 valence electrons. The van der Waals surface area contributed by atoms with Gasteiger partial charge in [0.25, 0.3) is 0 Å². The summed E-state index contributed by atoms with van der Waals surface area (Å²) in [6.45, 7) is 0. The van der Waals surface area contributed by atoms with E-state index in [1.807, 2.05) is 0 Å². The van der Waals surface area contributed by atoms with E-state index < -0.39 is 11.9 Å². The topological polar surface area (TPSA) is 74.6 Å². The molecule has 0 aliphatic heterocycles. The van der Waals surface area contributed by atoms with Gasteiger partial charge in [0.15, 0.2) is 0 Å². The SMILES string of the molecule is O=C(O)C=Cc1ccccc1C=CC(=O)O. The maximum Gasteiger partial charge on any atom is 0.328 e. The molecule has 0 aromatic heterocycles. The van der Waals surface area contributed by atoms with E-state index in [2.05, 4.69) is 0 Å². The van der Waals surface area contributed by atoms with Gasteiger partial charge in [-0.1, -0.05) is 24.3 Å². The summed E-state index contributed by atoms with van der Waals surface area (Å²) in [5, 5.41) is 17.0. The maximum absolute atomic E-state index is 10.4. The minimum Gasteiger partial charge on any atom is -0.478 e. The first kappa shape index (κ1) is 11.7. The van der Waals surface area contributed by atoms with Gasteiger partial charge in [-0.05, 0) is 23.3 Å². The van der Waals surface area contributed by atoms with Crippen LogP contribution in [0.15, 0.2) is 36.4 Å². The van der Waals surface area contributed by atoms with Crippen molar-refractivity contribution in [2.24, 2.45) is 0 Å². The zero-order valence-corrected chi connectivity index (χ0v) is 8.33. The summed E-state index contributed by atoms with van der Waals surface area (Å²) < 4.78 is 0. The molecule has 4 heteroatoms. The van der Waals surface area contributed by atoms with E-state index >= 15 is 0 Å². The largest absolute Gasteiger partial charge is 0.478 e. The molecule has 0 aliphatic rings. The monoisotopic (exact) mass is 218 g/mol. The van der Waals surface area contributed by atoms with E-state index in [0.29, 0.717) is 11.1 Å². The van der Waals surface area contributed by atoms with E-state index in [-0.39, 0.29) is 0 Å². The number of hydrogen-bond acceptors (Lipinski definition) is 2. The lowest BCUT2D eigenvalue weighted by atomic mass is 10.1. The second kappa shape index (κ2) is 5.50. The lowest BCUT2D eigenvalue weighted by Crippen LogP contribution is -1.88. The Morgan fingerprint density at radius 3 is 1.56 bits per heavy atom. The molecule has 0 amide bonds. The number of benzene rings is 1. The molecule has 2 N–H and O–H groups in total. The van der Waals surface area contributed by atoms with Crippen LogP contribution in [0.1, 0.15) is 11.1 Å². The Labute approximate surface area is 92.2 Å². The highest BCUT2D eigenvalue weighted by molar-refractivity contribution is 5.88. The second-order valence-electron chi connectivity index (χ2n) is 2.97. The van der Waals surface area contributed by atoms with Crippen LogP contribution in [0.25, 0.3) is 12.2 Å². The number of rotatable bonds is 4. The molecule has 0 atom stereocenters. The first-order valence-corrected chi connectivity index (χ1v) is 4.50. The Hall–Kier alpha value is -2.36. The van der Waals surface area contributed by atoms with E-state index in [0.717, 1.165) is 12.2 Å². The number of carboxylic acid groups (broad SMARTS) is 2. The lowest BCUT2D eigenvalue weighted by molar-refractivity contribution is -0.132. The third kappa shape index (κ3) is 3.79. The first-order chi connectivity index (χ1) is 7.59. The summed E-state index contributed by atoms with van der Waals surface area (Å²) in [4.78, 5) is 20.7. The summed E-state index contributed by atoms with van der Waals surface area (Å²) in [6.07, 6.45) is 4.86. The summed E-state index contributed by atoms with van der Waals surface area (Å²) in [6, 6.07) is 6.92. The standard InChI is InChI=1S/C12H10O4/c13-11(14)7-5-9-3-1-2-4-10(9)6-8-12(15)16/h1-8H,(H,13,14)(H,15,16).